The van der Waals surface area contributed by atoms with Crippen molar-refractivity contribution in [2.24, 2.45) is 0 Å². The van der Waals surface area contributed by atoms with Crippen molar-refractivity contribution in [2.75, 3.05) is 42.7 Å². The number of hydrogen-bond donors (Lipinski definition) is 0. The minimum atomic E-state index is -2.94. The molecule has 12 heteroatoms. The van der Waals surface area contributed by atoms with Gasteiger partial charge in [-0.3, -0.25) is 0 Å². The van der Waals surface area contributed by atoms with E-state index in [4.69, 9.17) is 36.0 Å². The lowest BCUT2D eigenvalue weighted by Crippen LogP contribution is -2.56. The number of carbonyl (C=O) groups excluding carboxylic acids is 2. The van der Waals surface area contributed by atoms with E-state index in [1.807, 2.05) is 13.8 Å². The summed E-state index contributed by atoms with van der Waals surface area (Å²) in [5.74, 6) is -0.972. The molecular weight excluding hydrogens is 444 g/mol. The van der Waals surface area contributed by atoms with Crippen molar-refractivity contribution >= 4 is 29.5 Å². The molecule has 0 aromatic carbocycles. The SMILES string of the molecule is C=C(C)C(=O)OC(CC)[Si](OC)(OC)OC.C=CC(=O)OC(CC)[Si](OC)(OC)OC. The van der Waals surface area contributed by atoms with Gasteiger partial charge in [-0.15, -0.1) is 0 Å². The maximum atomic E-state index is 11.4. The molecule has 0 aromatic rings. The zero-order chi connectivity index (χ0) is 24.7. The fraction of sp³-hybridized carbons (Fsp3) is 0.684. The van der Waals surface area contributed by atoms with E-state index in [1.54, 1.807) is 6.92 Å². The van der Waals surface area contributed by atoms with Gasteiger partial charge in [-0.05, 0) is 19.8 Å². The molecule has 0 fully saturated rings. The number of esters is 2. The molecule has 2 atom stereocenters. The highest BCUT2D eigenvalue weighted by molar-refractivity contribution is 6.62. The number of hydrogen-bond acceptors (Lipinski definition) is 10. The van der Waals surface area contributed by atoms with Gasteiger partial charge in [0.15, 0.2) is 11.5 Å². The first-order valence-electron chi connectivity index (χ1n) is 9.57. The summed E-state index contributed by atoms with van der Waals surface area (Å²) in [6, 6.07) is 0. The third-order valence-electron chi connectivity index (χ3n) is 4.26. The third-order valence-corrected chi connectivity index (χ3v) is 10.3. The van der Waals surface area contributed by atoms with E-state index in [2.05, 4.69) is 13.2 Å². The lowest BCUT2D eigenvalue weighted by atomic mass is 10.4. The predicted octanol–water partition coefficient (Wildman–Crippen LogP) is 2.21. The first-order valence-corrected chi connectivity index (χ1v) is 13.2. The molecule has 0 aromatic heterocycles. The van der Waals surface area contributed by atoms with Gasteiger partial charge in [0.1, 0.15) is 0 Å². The van der Waals surface area contributed by atoms with Crippen LogP contribution in [-0.2, 0) is 45.6 Å². The molecule has 0 aliphatic heterocycles. The molecule has 31 heavy (non-hydrogen) atoms. The molecule has 0 rings (SSSR count). The van der Waals surface area contributed by atoms with E-state index < -0.39 is 41.0 Å². The van der Waals surface area contributed by atoms with E-state index in [-0.39, 0.29) is 0 Å². The normalized spacial score (nSPS) is 13.3. The number of carbonyl (C=O) groups is 2. The number of rotatable bonds is 14. The average molecular weight is 483 g/mol. The molecule has 0 saturated carbocycles. The quantitative estimate of drug-likeness (QED) is 0.208. The van der Waals surface area contributed by atoms with Crippen LogP contribution in [0.25, 0.3) is 0 Å². The van der Waals surface area contributed by atoms with Crippen molar-refractivity contribution in [3.63, 3.8) is 0 Å². The summed E-state index contributed by atoms with van der Waals surface area (Å²) in [5, 5.41) is 0. The van der Waals surface area contributed by atoms with Crippen LogP contribution in [0.5, 0.6) is 0 Å². The highest BCUT2D eigenvalue weighted by atomic mass is 28.4. The van der Waals surface area contributed by atoms with Crippen LogP contribution >= 0.6 is 0 Å². The van der Waals surface area contributed by atoms with Crippen LogP contribution in [0.3, 0.4) is 0 Å². The van der Waals surface area contributed by atoms with E-state index in [0.29, 0.717) is 18.4 Å². The molecule has 2 unspecified atom stereocenters. The minimum Gasteiger partial charge on any atom is -0.455 e. The maximum Gasteiger partial charge on any atom is 0.543 e. The predicted molar refractivity (Wildman–Crippen MR) is 119 cm³/mol. The molecule has 0 heterocycles. The van der Waals surface area contributed by atoms with Crippen LogP contribution in [0.15, 0.2) is 24.8 Å². The lowest BCUT2D eigenvalue weighted by Gasteiger charge is -2.31. The van der Waals surface area contributed by atoms with Gasteiger partial charge >= 0.3 is 29.5 Å². The Kier molecular flexibility index (Phi) is 16.7. The van der Waals surface area contributed by atoms with Gasteiger partial charge in [-0.25, -0.2) is 9.59 Å². The molecule has 0 aliphatic carbocycles. The van der Waals surface area contributed by atoms with Gasteiger partial charge in [0, 0.05) is 54.3 Å². The molecule has 0 aliphatic rings. The summed E-state index contributed by atoms with van der Waals surface area (Å²) < 4.78 is 41.8. The van der Waals surface area contributed by atoms with Crippen LogP contribution < -0.4 is 0 Å². The Bertz CT molecular complexity index is 545. The first kappa shape index (κ1) is 31.8. The van der Waals surface area contributed by atoms with Gasteiger partial charge in [0.05, 0.1) is 0 Å². The largest absolute Gasteiger partial charge is 0.543 e. The first-order chi connectivity index (χ1) is 14.6. The van der Waals surface area contributed by atoms with Crippen molar-refractivity contribution in [3.8, 4) is 0 Å². The number of ether oxygens (including phenoxy) is 2. The van der Waals surface area contributed by atoms with Crippen molar-refractivity contribution < 1.29 is 45.6 Å². The van der Waals surface area contributed by atoms with E-state index in [9.17, 15) is 9.59 Å². The topological polar surface area (TPSA) is 108 Å². The molecule has 0 saturated heterocycles. The van der Waals surface area contributed by atoms with Gasteiger partial charge in [0.25, 0.3) is 0 Å². The van der Waals surface area contributed by atoms with Crippen LogP contribution in [0.2, 0.25) is 0 Å². The van der Waals surface area contributed by atoms with E-state index >= 15 is 0 Å². The smallest absolute Gasteiger partial charge is 0.455 e. The second-order valence-electron chi connectivity index (χ2n) is 6.05. The Hall–Kier alpha value is -1.39. The summed E-state index contributed by atoms with van der Waals surface area (Å²) in [6.45, 7) is 12.2. The summed E-state index contributed by atoms with van der Waals surface area (Å²) in [5.41, 5.74) is -0.690. The molecular formula is C19H38O10Si2. The Morgan fingerprint density at radius 2 is 1.10 bits per heavy atom. The summed E-state index contributed by atoms with van der Waals surface area (Å²) in [6.07, 6.45) is 2.21. The molecule has 0 spiro atoms. The Morgan fingerprint density at radius 1 is 0.774 bits per heavy atom. The van der Waals surface area contributed by atoms with Crippen molar-refractivity contribution in [3.05, 3.63) is 24.8 Å². The summed E-state index contributed by atoms with van der Waals surface area (Å²) in [7, 11) is 3.02. The summed E-state index contributed by atoms with van der Waals surface area (Å²) >= 11 is 0. The summed E-state index contributed by atoms with van der Waals surface area (Å²) in [4.78, 5) is 22.5. The van der Waals surface area contributed by atoms with Crippen LogP contribution in [0, 0.1) is 0 Å². The van der Waals surface area contributed by atoms with Crippen molar-refractivity contribution in [1.82, 2.24) is 0 Å². The minimum absolute atomic E-state index is 0.338. The fourth-order valence-corrected chi connectivity index (χ4v) is 6.61. The van der Waals surface area contributed by atoms with E-state index in [0.717, 1.165) is 6.08 Å². The van der Waals surface area contributed by atoms with Crippen LogP contribution in [0.1, 0.15) is 33.6 Å². The Labute approximate surface area is 188 Å². The Balaban J connectivity index is 0. The van der Waals surface area contributed by atoms with Crippen molar-refractivity contribution in [2.45, 2.75) is 45.1 Å². The Morgan fingerprint density at radius 3 is 1.32 bits per heavy atom. The molecule has 0 amide bonds. The molecule has 10 nitrogen and oxygen atoms in total. The highest BCUT2D eigenvalue weighted by Gasteiger charge is 2.50. The zero-order valence-electron chi connectivity index (χ0n) is 20.1. The lowest BCUT2D eigenvalue weighted by molar-refractivity contribution is -0.144. The van der Waals surface area contributed by atoms with Gasteiger partial charge in [-0.1, -0.05) is 27.0 Å². The molecule has 182 valence electrons. The van der Waals surface area contributed by atoms with Gasteiger partial charge < -0.3 is 36.0 Å². The standard InChI is InChI=1S/C10H20O5Si.C9H18O5Si/c1-7-9(15-10(11)8(2)3)16(12-4,13-5)14-6;1-6-8(10)14-9(7-2)15(11-3,12-4)13-5/h9H,2,7H2,1,3-6H3;6,9H,1,7H2,2-5H3. The fourth-order valence-electron chi connectivity index (χ4n) is 2.52. The van der Waals surface area contributed by atoms with Crippen LogP contribution in [0.4, 0.5) is 0 Å². The van der Waals surface area contributed by atoms with Gasteiger partial charge in [-0.2, -0.15) is 0 Å². The van der Waals surface area contributed by atoms with Crippen LogP contribution in [-0.4, -0.2) is 83.7 Å². The van der Waals surface area contributed by atoms with E-state index in [1.165, 1.54) is 42.7 Å². The van der Waals surface area contributed by atoms with Crippen molar-refractivity contribution in [1.29, 1.82) is 0 Å². The molecule has 0 radical (unpaired) electrons. The molecule has 0 bridgehead atoms. The molecule has 0 N–H and O–H groups in total. The zero-order valence-corrected chi connectivity index (χ0v) is 22.1. The maximum absolute atomic E-state index is 11.4. The van der Waals surface area contributed by atoms with Gasteiger partial charge in [0.2, 0.25) is 0 Å². The monoisotopic (exact) mass is 482 g/mol. The second kappa shape index (κ2) is 16.3. The second-order valence-corrected chi connectivity index (χ2v) is 12.2. The third kappa shape index (κ3) is 9.33. The average Bonchev–Trinajstić information content (AvgIpc) is 2.80. The highest BCUT2D eigenvalue weighted by Crippen LogP contribution is 2.19.